The molecule has 0 aromatic heterocycles. The highest BCUT2D eigenvalue weighted by molar-refractivity contribution is 4.95. The Labute approximate surface area is 88.8 Å². The van der Waals surface area contributed by atoms with Gasteiger partial charge in [0.15, 0.2) is 0 Å². The minimum atomic E-state index is 0.227. The maximum atomic E-state index is 6.39. The molecule has 1 aliphatic rings. The van der Waals surface area contributed by atoms with E-state index in [1.54, 1.807) is 0 Å². The second-order valence-electron chi connectivity index (χ2n) is 6.30. The van der Waals surface area contributed by atoms with Crippen molar-refractivity contribution < 1.29 is 0 Å². The summed E-state index contributed by atoms with van der Waals surface area (Å²) >= 11 is 0. The van der Waals surface area contributed by atoms with Gasteiger partial charge < -0.3 is 10.6 Å². The molecule has 1 unspecified atom stereocenters. The molecular formula is C12H26N2. The molecule has 1 aliphatic heterocycles. The Kier molecular flexibility index (Phi) is 3.27. The summed E-state index contributed by atoms with van der Waals surface area (Å²) in [5.74, 6) is 0. The van der Waals surface area contributed by atoms with Gasteiger partial charge in [0, 0.05) is 6.04 Å². The molecular weight excluding hydrogens is 172 g/mol. The van der Waals surface area contributed by atoms with E-state index in [-0.39, 0.29) is 5.41 Å². The van der Waals surface area contributed by atoms with Crippen molar-refractivity contribution in [1.29, 1.82) is 0 Å². The van der Waals surface area contributed by atoms with Crippen molar-refractivity contribution in [2.45, 2.75) is 46.6 Å². The SMILES string of the molecule is CN1CCC(C)(C(N)C(C)(C)C)CC1. The number of hydrogen-bond acceptors (Lipinski definition) is 2. The minimum Gasteiger partial charge on any atom is -0.327 e. The van der Waals surface area contributed by atoms with Gasteiger partial charge in [0.1, 0.15) is 0 Å². The van der Waals surface area contributed by atoms with Crippen LogP contribution in [0.25, 0.3) is 0 Å². The van der Waals surface area contributed by atoms with Crippen LogP contribution in [-0.4, -0.2) is 31.1 Å². The lowest BCUT2D eigenvalue weighted by molar-refractivity contribution is 0.0644. The molecule has 14 heavy (non-hydrogen) atoms. The van der Waals surface area contributed by atoms with Crippen molar-refractivity contribution in [2.24, 2.45) is 16.6 Å². The smallest absolute Gasteiger partial charge is 0.0143 e. The Balaban J connectivity index is 2.66. The molecule has 1 atom stereocenters. The van der Waals surface area contributed by atoms with Gasteiger partial charge in [0.2, 0.25) is 0 Å². The second kappa shape index (κ2) is 3.82. The van der Waals surface area contributed by atoms with Gasteiger partial charge in [-0.15, -0.1) is 0 Å². The van der Waals surface area contributed by atoms with Gasteiger partial charge >= 0.3 is 0 Å². The number of rotatable bonds is 1. The first kappa shape index (κ1) is 12.0. The largest absolute Gasteiger partial charge is 0.327 e. The highest BCUT2D eigenvalue weighted by atomic mass is 15.1. The molecule has 0 aromatic rings. The minimum absolute atomic E-state index is 0.227. The summed E-state index contributed by atoms with van der Waals surface area (Å²) in [6, 6.07) is 0.309. The van der Waals surface area contributed by atoms with E-state index in [9.17, 15) is 0 Å². The predicted octanol–water partition coefficient (Wildman–Crippen LogP) is 2.09. The third kappa shape index (κ3) is 2.48. The van der Waals surface area contributed by atoms with Crippen LogP contribution in [0.2, 0.25) is 0 Å². The normalized spacial score (nSPS) is 26.1. The number of likely N-dealkylation sites (tertiary alicyclic amines) is 1. The average molecular weight is 198 g/mol. The first-order valence-corrected chi connectivity index (χ1v) is 5.70. The molecule has 0 radical (unpaired) electrons. The molecule has 0 saturated carbocycles. The van der Waals surface area contributed by atoms with Crippen LogP contribution in [0, 0.1) is 10.8 Å². The van der Waals surface area contributed by atoms with Crippen molar-refractivity contribution in [3.05, 3.63) is 0 Å². The lowest BCUT2D eigenvalue weighted by Crippen LogP contribution is -2.52. The summed E-state index contributed by atoms with van der Waals surface area (Å²) in [5, 5.41) is 0. The maximum Gasteiger partial charge on any atom is 0.0143 e. The fourth-order valence-electron chi connectivity index (χ4n) is 2.49. The molecule has 0 aromatic carbocycles. The van der Waals surface area contributed by atoms with Gasteiger partial charge in [0.05, 0.1) is 0 Å². The third-order valence-electron chi connectivity index (χ3n) is 3.81. The van der Waals surface area contributed by atoms with Crippen molar-refractivity contribution in [3.63, 3.8) is 0 Å². The molecule has 2 nitrogen and oxygen atoms in total. The Morgan fingerprint density at radius 1 is 1.21 bits per heavy atom. The average Bonchev–Trinajstić information content (AvgIpc) is 2.08. The molecule has 0 amide bonds. The van der Waals surface area contributed by atoms with Gasteiger partial charge in [-0.05, 0) is 43.8 Å². The first-order chi connectivity index (χ1) is 6.26. The fraction of sp³-hybridized carbons (Fsp3) is 1.00. The van der Waals surface area contributed by atoms with Crippen LogP contribution in [0.4, 0.5) is 0 Å². The molecule has 0 spiro atoms. The number of hydrogen-bond donors (Lipinski definition) is 1. The highest BCUT2D eigenvalue weighted by Crippen LogP contribution is 2.40. The Bertz CT molecular complexity index is 185. The van der Waals surface area contributed by atoms with Gasteiger partial charge in [-0.2, -0.15) is 0 Å². The Morgan fingerprint density at radius 3 is 2.00 bits per heavy atom. The highest BCUT2D eigenvalue weighted by Gasteiger charge is 2.40. The van der Waals surface area contributed by atoms with Crippen LogP contribution in [-0.2, 0) is 0 Å². The first-order valence-electron chi connectivity index (χ1n) is 5.70. The van der Waals surface area contributed by atoms with E-state index < -0.39 is 0 Å². The van der Waals surface area contributed by atoms with Crippen LogP contribution in [0.15, 0.2) is 0 Å². The van der Waals surface area contributed by atoms with Gasteiger partial charge in [-0.3, -0.25) is 0 Å². The van der Waals surface area contributed by atoms with Crippen molar-refractivity contribution in [1.82, 2.24) is 4.90 Å². The number of nitrogens with zero attached hydrogens (tertiary/aromatic N) is 1. The van der Waals surface area contributed by atoms with Gasteiger partial charge in [-0.25, -0.2) is 0 Å². The summed E-state index contributed by atoms with van der Waals surface area (Å²) in [4.78, 5) is 2.40. The quantitative estimate of drug-likeness (QED) is 0.699. The molecule has 1 rings (SSSR count). The Hall–Kier alpha value is -0.0800. The monoisotopic (exact) mass is 198 g/mol. The van der Waals surface area contributed by atoms with E-state index in [1.807, 2.05) is 0 Å². The summed E-state index contributed by atoms with van der Waals surface area (Å²) in [5.41, 5.74) is 6.95. The zero-order chi connectivity index (χ0) is 11.0. The van der Waals surface area contributed by atoms with Crippen molar-refractivity contribution in [3.8, 4) is 0 Å². The van der Waals surface area contributed by atoms with Crippen molar-refractivity contribution >= 4 is 0 Å². The summed E-state index contributed by atoms with van der Waals surface area (Å²) < 4.78 is 0. The van der Waals surface area contributed by atoms with E-state index in [1.165, 1.54) is 25.9 Å². The van der Waals surface area contributed by atoms with Crippen LogP contribution in [0.3, 0.4) is 0 Å². The Morgan fingerprint density at radius 2 is 1.64 bits per heavy atom. The van der Waals surface area contributed by atoms with E-state index in [2.05, 4.69) is 39.6 Å². The molecule has 1 saturated heterocycles. The molecule has 2 heteroatoms. The molecule has 0 bridgehead atoms. The maximum absolute atomic E-state index is 6.39. The number of nitrogens with two attached hydrogens (primary N) is 1. The fourth-order valence-corrected chi connectivity index (χ4v) is 2.49. The van der Waals surface area contributed by atoms with Crippen LogP contribution >= 0.6 is 0 Å². The van der Waals surface area contributed by atoms with Gasteiger partial charge in [-0.1, -0.05) is 27.7 Å². The lowest BCUT2D eigenvalue weighted by Gasteiger charge is -2.47. The zero-order valence-corrected chi connectivity index (χ0v) is 10.4. The van der Waals surface area contributed by atoms with E-state index >= 15 is 0 Å². The van der Waals surface area contributed by atoms with E-state index in [4.69, 9.17) is 5.73 Å². The molecule has 1 heterocycles. The third-order valence-corrected chi connectivity index (χ3v) is 3.81. The van der Waals surface area contributed by atoms with Crippen LogP contribution in [0.5, 0.6) is 0 Å². The molecule has 2 N–H and O–H groups in total. The standard InChI is InChI=1S/C12H26N2/c1-11(2,3)10(13)12(4)6-8-14(5)9-7-12/h10H,6-9,13H2,1-5H3. The van der Waals surface area contributed by atoms with E-state index in [0.717, 1.165) is 0 Å². The van der Waals surface area contributed by atoms with Crippen LogP contribution in [0.1, 0.15) is 40.5 Å². The molecule has 1 fully saturated rings. The summed E-state index contributed by atoms with van der Waals surface area (Å²) in [6.07, 6.45) is 2.48. The van der Waals surface area contributed by atoms with Crippen molar-refractivity contribution in [2.75, 3.05) is 20.1 Å². The topological polar surface area (TPSA) is 29.3 Å². The molecule has 84 valence electrons. The molecule has 0 aliphatic carbocycles. The van der Waals surface area contributed by atoms with E-state index in [0.29, 0.717) is 11.5 Å². The number of piperidine rings is 1. The zero-order valence-electron chi connectivity index (χ0n) is 10.4. The van der Waals surface area contributed by atoms with Gasteiger partial charge in [0.25, 0.3) is 0 Å². The summed E-state index contributed by atoms with van der Waals surface area (Å²) in [6.45, 7) is 11.5. The predicted molar refractivity (Wildman–Crippen MR) is 62.3 cm³/mol. The lowest BCUT2D eigenvalue weighted by atomic mass is 9.66. The van der Waals surface area contributed by atoms with Crippen LogP contribution < -0.4 is 5.73 Å². The summed E-state index contributed by atoms with van der Waals surface area (Å²) in [7, 11) is 2.20. The second-order valence-corrected chi connectivity index (χ2v) is 6.30.